The number of hydrogen-bond donors (Lipinski definition) is 1. The lowest BCUT2D eigenvalue weighted by molar-refractivity contribution is 0.0300. The van der Waals surface area contributed by atoms with Crippen LogP contribution in [0.4, 0.5) is 0 Å². The van der Waals surface area contributed by atoms with Crippen molar-refractivity contribution in [1.82, 2.24) is 9.88 Å². The fourth-order valence-corrected chi connectivity index (χ4v) is 4.65. The molecule has 0 radical (unpaired) electrons. The van der Waals surface area contributed by atoms with Gasteiger partial charge in [-0.25, -0.2) is 0 Å². The summed E-state index contributed by atoms with van der Waals surface area (Å²) in [5.41, 5.74) is 0.366. The number of fused-ring (bicyclic) bond motifs is 2. The minimum atomic E-state index is -0.562. The quantitative estimate of drug-likeness (QED) is 0.675. The fourth-order valence-electron chi connectivity index (χ4n) is 4.65. The van der Waals surface area contributed by atoms with Crippen LogP contribution in [0.3, 0.4) is 0 Å². The van der Waals surface area contributed by atoms with Gasteiger partial charge >= 0.3 is 0 Å². The maximum absolute atomic E-state index is 13.3. The number of likely N-dealkylation sites (tertiary alicyclic amines) is 1. The molecule has 1 aromatic heterocycles. The standard InChI is InChI=1S/C24H22N2O4/c27-20-14-24(30-21-9-4-3-8-18(20)21)10-5-12-26(13-11-24)23(29)19-15-25-22(28)17-7-2-1-6-16(17)19/h1-4,6-9,15H,5,10-14H2,(H,25,28). The van der Waals surface area contributed by atoms with Crippen molar-refractivity contribution in [3.05, 3.63) is 76.2 Å². The van der Waals surface area contributed by atoms with Crippen molar-refractivity contribution in [1.29, 1.82) is 0 Å². The number of carbonyl (C=O) groups excluding carboxylic acids is 2. The van der Waals surface area contributed by atoms with E-state index in [0.29, 0.717) is 53.6 Å². The number of H-pyrrole nitrogens is 1. The second-order valence-corrected chi connectivity index (χ2v) is 8.10. The molecular weight excluding hydrogens is 380 g/mol. The zero-order valence-corrected chi connectivity index (χ0v) is 16.5. The fraction of sp³-hybridized carbons (Fsp3) is 0.292. The van der Waals surface area contributed by atoms with Gasteiger partial charge < -0.3 is 14.6 Å². The van der Waals surface area contributed by atoms with Gasteiger partial charge in [-0.05, 0) is 31.0 Å². The molecule has 1 unspecified atom stereocenters. The number of ketones is 1. The number of Topliss-reactive ketones (excluding diaryl/α,β-unsaturated/α-hetero) is 1. The lowest BCUT2D eigenvalue weighted by Crippen LogP contribution is -2.43. The highest BCUT2D eigenvalue weighted by molar-refractivity contribution is 6.06. The molecule has 2 aliphatic heterocycles. The minimum Gasteiger partial charge on any atom is -0.486 e. The Kier molecular flexibility index (Phi) is 4.42. The summed E-state index contributed by atoms with van der Waals surface area (Å²) in [7, 11) is 0. The van der Waals surface area contributed by atoms with Crippen LogP contribution in [0.5, 0.6) is 5.75 Å². The van der Waals surface area contributed by atoms with Crippen LogP contribution >= 0.6 is 0 Å². The van der Waals surface area contributed by atoms with E-state index in [-0.39, 0.29) is 17.2 Å². The van der Waals surface area contributed by atoms with Crippen LogP contribution < -0.4 is 10.3 Å². The summed E-state index contributed by atoms with van der Waals surface area (Å²) >= 11 is 0. The van der Waals surface area contributed by atoms with E-state index >= 15 is 0 Å². The molecule has 2 aromatic carbocycles. The van der Waals surface area contributed by atoms with Gasteiger partial charge in [0.05, 0.1) is 17.5 Å². The molecule has 1 fully saturated rings. The monoisotopic (exact) mass is 402 g/mol. The summed E-state index contributed by atoms with van der Waals surface area (Å²) in [6.07, 6.45) is 3.92. The molecule has 5 rings (SSSR count). The number of aromatic amines is 1. The lowest BCUT2D eigenvalue weighted by Gasteiger charge is -2.37. The van der Waals surface area contributed by atoms with Crippen LogP contribution in [0.1, 0.15) is 46.4 Å². The first kappa shape index (κ1) is 18.6. The van der Waals surface area contributed by atoms with E-state index in [1.807, 2.05) is 29.2 Å². The first-order valence-corrected chi connectivity index (χ1v) is 10.3. The molecule has 0 saturated carbocycles. The normalized spacial score (nSPS) is 21.2. The van der Waals surface area contributed by atoms with E-state index in [0.717, 1.165) is 12.8 Å². The van der Waals surface area contributed by atoms with Gasteiger partial charge in [-0.15, -0.1) is 0 Å². The van der Waals surface area contributed by atoms with Crippen LogP contribution in [0.25, 0.3) is 10.8 Å². The minimum absolute atomic E-state index is 0.100. The van der Waals surface area contributed by atoms with E-state index < -0.39 is 5.60 Å². The number of pyridine rings is 1. The first-order valence-electron chi connectivity index (χ1n) is 10.3. The molecule has 30 heavy (non-hydrogen) atoms. The maximum Gasteiger partial charge on any atom is 0.255 e. The number of para-hydroxylation sites is 1. The number of nitrogens with one attached hydrogen (secondary N) is 1. The van der Waals surface area contributed by atoms with Gasteiger partial charge in [-0.3, -0.25) is 14.4 Å². The number of rotatable bonds is 1. The van der Waals surface area contributed by atoms with Crippen molar-refractivity contribution in [2.24, 2.45) is 0 Å². The van der Waals surface area contributed by atoms with Crippen LogP contribution in [-0.2, 0) is 0 Å². The van der Waals surface area contributed by atoms with E-state index in [4.69, 9.17) is 4.74 Å². The molecule has 152 valence electrons. The lowest BCUT2D eigenvalue weighted by atomic mass is 9.84. The third-order valence-electron chi connectivity index (χ3n) is 6.22. The van der Waals surface area contributed by atoms with Crippen molar-refractivity contribution in [3.8, 4) is 5.75 Å². The van der Waals surface area contributed by atoms with Crippen molar-refractivity contribution >= 4 is 22.5 Å². The molecule has 6 heteroatoms. The van der Waals surface area contributed by atoms with Crippen molar-refractivity contribution in [2.75, 3.05) is 13.1 Å². The molecule has 1 spiro atoms. The topological polar surface area (TPSA) is 79.5 Å². The number of ether oxygens (including phenoxy) is 1. The average Bonchev–Trinajstić information content (AvgIpc) is 2.96. The Balaban J connectivity index is 1.41. The van der Waals surface area contributed by atoms with Crippen LogP contribution in [0.2, 0.25) is 0 Å². The SMILES string of the molecule is O=C1CC2(CCCN(C(=O)c3c[nH]c(=O)c4ccccc34)CC2)Oc2ccccc21. The number of hydrogen-bond acceptors (Lipinski definition) is 4. The molecule has 2 aliphatic rings. The zero-order valence-electron chi connectivity index (χ0n) is 16.5. The Labute approximate surface area is 173 Å². The number of carbonyl (C=O) groups is 2. The summed E-state index contributed by atoms with van der Waals surface area (Å²) in [5, 5.41) is 1.16. The highest BCUT2D eigenvalue weighted by Gasteiger charge is 2.42. The Morgan fingerprint density at radius 3 is 2.60 bits per heavy atom. The summed E-state index contributed by atoms with van der Waals surface area (Å²) < 4.78 is 6.32. The number of benzene rings is 2. The predicted molar refractivity (Wildman–Crippen MR) is 113 cm³/mol. The second kappa shape index (κ2) is 7.13. The second-order valence-electron chi connectivity index (χ2n) is 8.10. The summed E-state index contributed by atoms with van der Waals surface area (Å²) in [6.45, 7) is 1.09. The van der Waals surface area contributed by atoms with Gasteiger partial charge in [0.1, 0.15) is 11.4 Å². The maximum atomic E-state index is 13.3. The Morgan fingerprint density at radius 1 is 0.967 bits per heavy atom. The van der Waals surface area contributed by atoms with Gasteiger partial charge in [0.15, 0.2) is 5.78 Å². The van der Waals surface area contributed by atoms with Crippen molar-refractivity contribution in [2.45, 2.75) is 31.3 Å². The third kappa shape index (κ3) is 3.09. The molecule has 3 aromatic rings. The molecule has 3 heterocycles. The van der Waals surface area contributed by atoms with E-state index in [1.54, 1.807) is 24.3 Å². The molecular formula is C24H22N2O4. The number of amides is 1. The molecule has 0 aliphatic carbocycles. The molecule has 1 atom stereocenters. The third-order valence-corrected chi connectivity index (χ3v) is 6.22. The summed E-state index contributed by atoms with van der Waals surface area (Å²) in [4.78, 5) is 42.6. The van der Waals surface area contributed by atoms with E-state index in [2.05, 4.69) is 4.98 Å². The number of aromatic nitrogens is 1. The van der Waals surface area contributed by atoms with Gasteiger partial charge in [-0.2, -0.15) is 0 Å². The van der Waals surface area contributed by atoms with Gasteiger partial charge in [-0.1, -0.05) is 30.3 Å². The molecule has 0 bridgehead atoms. The predicted octanol–water partition coefficient (Wildman–Crippen LogP) is 3.56. The largest absolute Gasteiger partial charge is 0.486 e. The molecule has 1 N–H and O–H groups in total. The summed E-state index contributed by atoms with van der Waals surface area (Å²) in [5.74, 6) is 0.630. The smallest absolute Gasteiger partial charge is 0.255 e. The van der Waals surface area contributed by atoms with Crippen molar-refractivity contribution < 1.29 is 14.3 Å². The molecule has 1 amide bonds. The Hall–Kier alpha value is -3.41. The van der Waals surface area contributed by atoms with E-state index in [9.17, 15) is 14.4 Å². The molecule has 1 saturated heterocycles. The molecule has 6 nitrogen and oxygen atoms in total. The highest BCUT2D eigenvalue weighted by Crippen LogP contribution is 2.39. The first-order chi connectivity index (χ1) is 14.6. The highest BCUT2D eigenvalue weighted by atomic mass is 16.5. The van der Waals surface area contributed by atoms with Gasteiger partial charge in [0.2, 0.25) is 0 Å². The number of nitrogens with zero attached hydrogens (tertiary/aromatic N) is 1. The van der Waals surface area contributed by atoms with E-state index in [1.165, 1.54) is 6.20 Å². The van der Waals surface area contributed by atoms with Crippen LogP contribution in [0.15, 0.2) is 59.5 Å². The van der Waals surface area contributed by atoms with Crippen LogP contribution in [0, 0.1) is 0 Å². The average molecular weight is 402 g/mol. The zero-order chi connectivity index (χ0) is 20.7. The Bertz CT molecular complexity index is 1220. The van der Waals surface area contributed by atoms with Crippen molar-refractivity contribution in [3.63, 3.8) is 0 Å². The van der Waals surface area contributed by atoms with Crippen LogP contribution in [-0.4, -0.2) is 40.3 Å². The van der Waals surface area contributed by atoms with Gasteiger partial charge in [0.25, 0.3) is 11.5 Å². The summed E-state index contributed by atoms with van der Waals surface area (Å²) in [6, 6.07) is 14.5. The van der Waals surface area contributed by atoms with Gasteiger partial charge in [0, 0.05) is 36.5 Å². The Morgan fingerprint density at radius 2 is 1.73 bits per heavy atom.